The second-order valence-corrected chi connectivity index (χ2v) is 6.66. The number of aromatic nitrogens is 1. The van der Waals surface area contributed by atoms with E-state index in [-0.39, 0.29) is 0 Å². The van der Waals surface area contributed by atoms with Crippen molar-refractivity contribution in [2.45, 2.75) is 44.7 Å². The Bertz CT molecular complexity index is 556. The molecule has 0 bridgehead atoms. The molecule has 1 N–H and O–H groups in total. The Hall–Kier alpha value is -1.95. The molecule has 0 aliphatic heterocycles. The van der Waals surface area contributed by atoms with Crippen LogP contribution in [0.15, 0.2) is 23.3 Å². The Morgan fingerprint density at radius 1 is 1.33 bits per heavy atom. The first-order chi connectivity index (χ1) is 11.5. The summed E-state index contributed by atoms with van der Waals surface area (Å²) in [5, 5.41) is 9.40. The average molecular weight is 332 g/mol. The summed E-state index contributed by atoms with van der Waals surface area (Å²) in [5.41, 5.74) is 1.76. The monoisotopic (exact) mass is 332 g/mol. The third-order valence-corrected chi connectivity index (χ3v) is 3.98. The van der Waals surface area contributed by atoms with Gasteiger partial charge in [-0.15, -0.1) is 0 Å². The highest BCUT2D eigenvalue weighted by Gasteiger charge is 2.18. The van der Waals surface area contributed by atoms with E-state index in [0.717, 1.165) is 37.1 Å². The lowest BCUT2D eigenvalue weighted by Gasteiger charge is -2.19. The lowest BCUT2D eigenvalue weighted by Crippen LogP contribution is -2.30. The van der Waals surface area contributed by atoms with Gasteiger partial charge >= 0.3 is 6.09 Å². The molecular formula is C18H28N4O2. The van der Waals surface area contributed by atoms with Crippen LogP contribution in [0.4, 0.5) is 4.79 Å². The number of hydrogen-bond acceptors (Lipinski definition) is 4. The van der Waals surface area contributed by atoms with E-state index < -0.39 is 6.09 Å². The molecule has 1 heterocycles. The van der Waals surface area contributed by atoms with Crippen molar-refractivity contribution in [2.24, 2.45) is 4.99 Å². The minimum atomic E-state index is -0.888. The molecule has 0 aromatic carbocycles. The fourth-order valence-electron chi connectivity index (χ4n) is 2.42. The molecule has 0 unspecified atom stereocenters. The number of carboxylic acid groups (broad SMARTS) is 1. The van der Waals surface area contributed by atoms with Crippen molar-refractivity contribution in [3.8, 4) is 0 Å². The van der Waals surface area contributed by atoms with E-state index in [0.29, 0.717) is 19.1 Å². The van der Waals surface area contributed by atoms with Crippen LogP contribution in [0.25, 0.3) is 0 Å². The number of amides is 1. The van der Waals surface area contributed by atoms with Crippen molar-refractivity contribution < 1.29 is 9.90 Å². The second kappa shape index (κ2) is 9.37. The molecule has 0 saturated heterocycles. The fraction of sp³-hybridized carbons (Fsp3) is 0.611. The van der Waals surface area contributed by atoms with Crippen LogP contribution < -0.4 is 0 Å². The van der Waals surface area contributed by atoms with Crippen molar-refractivity contribution in [3.05, 3.63) is 29.6 Å². The zero-order valence-electron chi connectivity index (χ0n) is 14.7. The van der Waals surface area contributed by atoms with Crippen LogP contribution >= 0.6 is 0 Å². The smallest absolute Gasteiger partial charge is 0.407 e. The van der Waals surface area contributed by atoms with Crippen molar-refractivity contribution in [2.75, 3.05) is 27.2 Å². The normalized spacial score (nSPS) is 14.5. The van der Waals surface area contributed by atoms with Gasteiger partial charge in [-0.3, -0.25) is 9.98 Å². The lowest BCUT2D eigenvalue weighted by atomic mass is 10.2. The number of rotatable bonds is 10. The van der Waals surface area contributed by atoms with E-state index in [4.69, 9.17) is 0 Å². The van der Waals surface area contributed by atoms with Crippen molar-refractivity contribution in [1.82, 2.24) is 14.8 Å². The summed E-state index contributed by atoms with van der Waals surface area (Å²) >= 11 is 0. The molecule has 6 nitrogen and oxygen atoms in total. The molecule has 1 saturated carbocycles. The van der Waals surface area contributed by atoms with E-state index in [9.17, 15) is 9.90 Å². The van der Waals surface area contributed by atoms with Gasteiger partial charge in [0.1, 0.15) is 0 Å². The largest absolute Gasteiger partial charge is 0.465 e. The first kappa shape index (κ1) is 18.4. The molecule has 0 spiro atoms. The van der Waals surface area contributed by atoms with E-state index in [1.165, 1.54) is 17.7 Å². The van der Waals surface area contributed by atoms with Gasteiger partial charge in [0.05, 0.1) is 18.3 Å². The maximum Gasteiger partial charge on any atom is 0.407 e. The van der Waals surface area contributed by atoms with Crippen LogP contribution in [0.2, 0.25) is 0 Å². The first-order valence-electron chi connectivity index (χ1n) is 8.65. The molecule has 1 amide bonds. The van der Waals surface area contributed by atoms with Crippen LogP contribution in [0, 0.1) is 0 Å². The van der Waals surface area contributed by atoms with E-state index in [1.54, 1.807) is 6.20 Å². The predicted octanol–water partition coefficient (Wildman–Crippen LogP) is 2.87. The highest BCUT2D eigenvalue weighted by molar-refractivity contribution is 5.79. The summed E-state index contributed by atoms with van der Waals surface area (Å²) in [4.78, 5) is 23.8. The van der Waals surface area contributed by atoms with Gasteiger partial charge in [0.15, 0.2) is 0 Å². The Balaban J connectivity index is 1.83. The molecule has 1 aliphatic rings. The molecule has 132 valence electrons. The fourth-order valence-corrected chi connectivity index (χ4v) is 2.42. The lowest BCUT2D eigenvalue weighted by molar-refractivity contribution is 0.140. The van der Waals surface area contributed by atoms with Crippen LogP contribution in [0.3, 0.4) is 0 Å². The van der Waals surface area contributed by atoms with Crippen LogP contribution in [0.5, 0.6) is 0 Å². The third-order valence-electron chi connectivity index (χ3n) is 3.98. The maximum atomic E-state index is 11.4. The third kappa shape index (κ3) is 7.08. The molecule has 1 aliphatic carbocycles. The number of carbonyl (C=O) groups is 1. The summed E-state index contributed by atoms with van der Waals surface area (Å²) in [6.07, 6.45) is 8.06. The molecule has 1 aromatic rings. The first-order valence-corrected chi connectivity index (χ1v) is 8.65. The van der Waals surface area contributed by atoms with Crippen molar-refractivity contribution >= 4 is 12.3 Å². The van der Waals surface area contributed by atoms with Gasteiger partial charge in [0.25, 0.3) is 0 Å². The molecule has 1 fully saturated rings. The van der Waals surface area contributed by atoms with Crippen LogP contribution in [-0.2, 0) is 6.54 Å². The van der Waals surface area contributed by atoms with Gasteiger partial charge in [0, 0.05) is 19.0 Å². The minimum absolute atomic E-state index is 0.328. The Morgan fingerprint density at radius 3 is 2.75 bits per heavy atom. The molecule has 2 rings (SSSR count). The SMILES string of the molecule is CN(C)CCCCCN(Cc1cc(C=NC2CC2)ccn1)C(=O)O. The predicted molar refractivity (Wildman–Crippen MR) is 95.7 cm³/mol. The molecule has 0 atom stereocenters. The Kier molecular flexibility index (Phi) is 7.18. The quantitative estimate of drug-likeness (QED) is 0.528. The van der Waals surface area contributed by atoms with E-state index in [1.807, 2.05) is 18.3 Å². The zero-order valence-corrected chi connectivity index (χ0v) is 14.7. The summed E-state index contributed by atoms with van der Waals surface area (Å²) in [5.74, 6) is 0. The van der Waals surface area contributed by atoms with E-state index >= 15 is 0 Å². The molecule has 24 heavy (non-hydrogen) atoms. The van der Waals surface area contributed by atoms with Gasteiger partial charge < -0.3 is 14.9 Å². The van der Waals surface area contributed by atoms with Gasteiger partial charge in [0.2, 0.25) is 0 Å². The molecule has 0 radical (unpaired) electrons. The van der Waals surface area contributed by atoms with E-state index in [2.05, 4.69) is 29.0 Å². The van der Waals surface area contributed by atoms with Crippen LogP contribution in [-0.4, -0.2) is 65.4 Å². The topological polar surface area (TPSA) is 69.0 Å². The van der Waals surface area contributed by atoms with Gasteiger partial charge in [-0.2, -0.15) is 0 Å². The number of hydrogen-bond donors (Lipinski definition) is 1. The summed E-state index contributed by atoms with van der Waals surface area (Å²) in [6, 6.07) is 4.31. The minimum Gasteiger partial charge on any atom is -0.465 e. The number of pyridine rings is 1. The molecular weight excluding hydrogens is 304 g/mol. The Morgan fingerprint density at radius 2 is 2.08 bits per heavy atom. The van der Waals surface area contributed by atoms with Gasteiger partial charge in [-0.25, -0.2) is 4.79 Å². The highest BCUT2D eigenvalue weighted by Crippen LogP contribution is 2.23. The summed E-state index contributed by atoms with van der Waals surface area (Å²) in [7, 11) is 4.10. The summed E-state index contributed by atoms with van der Waals surface area (Å²) < 4.78 is 0. The second-order valence-electron chi connectivity index (χ2n) is 6.66. The summed E-state index contributed by atoms with van der Waals surface area (Å²) in [6.45, 7) is 1.91. The average Bonchev–Trinajstić information content (AvgIpc) is 3.36. The maximum absolute atomic E-state index is 11.4. The van der Waals surface area contributed by atoms with Crippen molar-refractivity contribution in [1.29, 1.82) is 0 Å². The standard InChI is InChI=1S/C18H28N4O2/c1-21(2)10-4-3-5-11-22(18(23)24)14-17-12-15(8-9-19-17)13-20-16-6-7-16/h8-9,12-13,16H,3-7,10-11,14H2,1-2H3,(H,23,24). The van der Waals surface area contributed by atoms with Gasteiger partial charge in [-0.1, -0.05) is 6.42 Å². The number of nitrogens with zero attached hydrogens (tertiary/aromatic N) is 4. The van der Waals surface area contributed by atoms with Crippen LogP contribution in [0.1, 0.15) is 43.4 Å². The highest BCUT2D eigenvalue weighted by atomic mass is 16.4. The zero-order chi connectivity index (χ0) is 17.4. The van der Waals surface area contributed by atoms with Gasteiger partial charge in [-0.05, 0) is 64.0 Å². The van der Waals surface area contributed by atoms with Crippen molar-refractivity contribution in [3.63, 3.8) is 0 Å². The molecule has 1 aromatic heterocycles. The Labute approximate surface area is 144 Å². The number of aliphatic imine (C=N–C) groups is 1. The molecule has 6 heteroatoms. The number of unbranched alkanes of at least 4 members (excludes halogenated alkanes) is 2.